The Morgan fingerprint density at radius 1 is 1.48 bits per heavy atom. The highest BCUT2D eigenvalue weighted by atomic mass is 19.1. The minimum Gasteiger partial charge on any atom is -0.346 e. The van der Waals surface area contributed by atoms with Gasteiger partial charge in [0.25, 0.3) is 0 Å². The molecule has 1 amide bonds. The van der Waals surface area contributed by atoms with E-state index in [2.05, 4.69) is 21.8 Å². The lowest BCUT2D eigenvalue weighted by atomic mass is 10.0. The molecule has 0 aliphatic rings. The Bertz CT molecular complexity index is 988. The average Bonchev–Trinajstić information content (AvgIpc) is 3.22. The van der Waals surface area contributed by atoms with Crippen LogP contribution in [0.1, 0.15) is 39.7 Å². The lowest BCUT2D eigenvalue weighted by molar-refractivity contribution is -0.437. The largest absolute Gasteiger partial charge is 0.346 e. The van der Waals surface area contributed by atoms with Gasteiger partial charge in [-0.3, -0.25) is 5.41 Å². The van der Waals surface area contributed by atoms with Gasteiger partial charge < -0.3 is 9.69 Å². The molecule has 0 aliphatic heterocycles. The number of hydrogen-bond acceptors (Lipinski definition) is 4. The molecule has 0 spiro atoms. The van der Waals surface area contributed by atoms with Crippen LogP contribution in [0.4, 0.5) is 4.39 Å². The molecule has 0 saturated heterocycles. The van der Waals surface area contributed by atoms with E-state index in [0.717, 1.165) is 5.56 Å². The van der Waals surface area contributed by atoms with Gasteiger partial charge in [-0.2, -0.15) is 12.5 Å². The first-order valence-electron chi connectivity index (χ1n) is 10.0. The Labute approximate surface area is 183 Å². The number of amides is 1. The van der Waals surface area contributed by atoms with Crippen molar-refractivity contribution in [2.45, 2.75) is 40.2 Å². The predicted molar refractivity (Wildman–Crippen MR) is 122 cm³/mol. The number of carbonyl (C=O) groups is 1. The van der Waals surface area contributed by atoms with E-state index in [0.29, 0.717) is 28.9 Å². The summed E-state index contributed by atoms with van der Waals surface area (Å²) in [5, 5.41) is 15.2. The number of nitrogens with zero attached hydrogens (tertiary/aromatic N) is 3. The Morgan fingerprint density at radius 2 is 2.16 bits per heavy atom. The quantitative estimate of drug-likeness (QED) is 0.281. The van der Waals surface area contributed by atoms with Crippen LogP contribution in [-0.4, -0.2) is 34.0 Å². The monoisotopic (exact) mass is 421 g/mol. The van der Waals surface area contributed by atoms with Crippen LogP contribution in [0, 0.1) is 24.1 Å². The molecule has 1 unspecified atom stereocenters. The minimum absolute atomic E-state index is 0.119. The van der Waals surface area contributed by atoms with Crippen LogP contribution in [0.25, 0.3) is 17.3 Å². The molecular weight excluding hydrogens is 393 g/mol. The van der Waals surface area contributed by atoms with Crippen molar-refractivity contribution in [2.75, 3.05) is 0 Å². The van der Waals surface area contributed by atoms with Crippen LogP contribution in [0.5, 0.6) is 0 Å². The summed E-state index contributed by atoms with van der Waals surface area (Å²) >= 11 is 0. The third-order valence-corrected chi connectivity index (χ3v) is 4.75. The molecule has 0 bridgehead atoms. The normalized spacial score (nSPS) is 12.5. The standard InChI is InChI=1S/C24H28FN5O/c1-6-16(4)27-15-22(8-3)30(17(5)26)24(31)18(7-2)13-20-14-28-29-23(20)19-9-11-21(25)12-10-19/h6-7,9-15,22,26,29H,4,8H2,1-3,5H3/b18-13+,26-17?,27-15?. The summed E-state index contributed by atoms with van der Waals surface area (Å²) in [5.41, 5.74) is 3.11. The Kier molecular flexibility index (Phi) is 8.37. The van der Waals surface area contributed by atoms with Gasteiger partial charge in [0.15, 0.2) is 5.69 Å². The molecular formula is C24H28FN5O. The first kappa shape index (κ1) is 23.7. The number of allylic oxidation sites excluding steroid dienone is 1. The Balaban J connectivity index is 2.40. The molecule has 162 valence electrons. The van der Waals surface area contributed by atoms with Crippen LogP contribution >= 0.6 is 0 Å². The number of H-pyrrole nitrogens is 1. The van der Waals surface area contributed by atoms with Crippen LogP contribution in [0.15, 0.2) is 53.3 Å². The summed E-state index contributed by atoms with van der Waals surface area (Å²) in [6, 6.07) is 5.65. The van der Waals surface area contributed by atoms with Crippen LogP contribution in [0.2, 0.25) is 0 Å². The van der Waals surface area contributed by atoms with Crippen molar-refractivity contribution in [3.8, 4) is 11.3 Å². The number of aromatic amines is 1. The molecule has 0 aliphatic carbocycles. The zero-order valence-corrected chi connectivity index (χ0v) is 18.3. The molecule has 0 fully saturated rings. The van der Waals surface area contributed by atoms with E-state index < -0.39 is 0 Å². The molecule has 6 nitrogen and oxygen atoms in total. The minimum atomic E-state index is -0.383. The number of rotatable bonds is 9. The number of aromatic nitrogens is 2. The van der Waals surface area contributed by atoms with E-state index >= 15 is 0 Å². The maximum atomic E-state index is 13.4. The Hall–Kier alpha value is -3.61. The average molecular weight is 422 g/mol. The van der Waals surface area contributed by atoms with Gasteiger partial charge in [0.1, 0.15) is 11.7 Å². The SMILES string of the molecule is C=C([CH+]C)N=CC(CC)N(C(C)=N)C(=O)/C(=C/c1cn[nH+][c-]1-c1ccc(F)cc1)[CH-]C. The van der Waals surface area contributed by atoms with Crippen molar-refractivity contribution < 1.29 is 14.3 Å². The number of nitrogens with one attached hydrogen (secondary N) is 2. The van der Waals surface area contributed by atoms with E-state index in [1.54, 1.807) is 57.3 Å². The van der Waals surface area contributed by atoms with Crippen LogP contribution in [-0.2, 0) is 4.79 Å². The zero-order valence-electron chi connectivity index (χ0n) is 18.3. The van der Waals surface area contributed by atoms with Crippen LogP contribution < -0.4 is 5.10 Å². The second-order valence-corrected chi connectivity index (χ2v) is 6.89. The highest BCUT2D eigenvalue weighted by Gasteiger charge is 2.20. The van der Waals surface area contributed by atoms with Crippen molar-refractivity contribution in [1.29, 1.82) is 5.41 Å². The summed E-state index contributed by atoms with van der Waals surface area (Å²) in [4.78, 5) is 19.1. The van der Waals surface area contributed by atoms with Gasteiger partial charge in [-0.15, -0.1) is 22.8 Å². The van der Waals surface area contributed by atoms with Crippen molar-refractivity contribution in [2.24, 2.45) is 4.99 Å². The van der Waals surface area contributed by atoms with E-state index in [9.17, 15) is 9.18 Å². The topological polar surface area (TPSA) is 83.5 Å². The molecule has 1 aromatic heterocycles. The molecule has 0 radical (unpaired) electrons. The van der Waals surface area contributed by atoms with Gasteiger partial charge in [0.2, 0.25) is 5.70 Å². The van der Waals surface area contributed by atoms with Crippen molar-refractivity contribution >= 4 is 24.0 Å². The number of amidine groups is 1. The van der Waals surface area contributed by atoms with E-state index in [1.807, 2.05) is 13.8 Å². The third-order valence-electron chi connectivity index (χ3n) is 4.75. The predicted octanol–water partition coefficient (Wildman–Crippen LogP) is 4.44. The molecule has 1 heterocycles. The van der Waals surface area contributed by atoms with E-state index in [1.165, 1.54) is 17.0 Å². The summed E-state index contributed by atoms with van der Waals surface area (Å²) in [7, 11) is 0. The van der Waals surface area contributed by atoms with Gasteiger partial charge >= 0.3 is 0 Å². The summed E-state index contributed by atoms with van der Waals surface area (Å²) in [6.07, 6.45) is 9.02. The first-order chi connectivity index (χ1) is 14.8. The second kappa shape index (κ2) is 11.0. The third kappa shape index (κ3) is 5.94. The zero-order chi connectivity index (χ0) is 23.0. The molecule has 1 atom stereocenters. The van der Waals surface area contributed by atoms with Gasteiger partial charge in [0.05, 0.1) is 24.9 Å². The highest BCUT2D eigenvalue weighted by molar-refractivity contribution is 6.10. The number of hydrogen-bond donors (Lipinski definition) is 1. The molecule has 31 heavy (non-hydrogen) atoms. The number of halogens is 1. The van der Waals surface area contributed by atoms with Crippen LogP contribution in [0.3, 0.4) is 0 Å². The molecule has 1 aromatic carbocycles. The maximum absolute atomic E-state index is 13.4. The van der Waals surface area contributed by atoms with Crippen molar-refractivity contribution in [3.05, 3.63) is 72.5 Å². The molecule has 0 saturated carbocycles. The molecule has 2 rings (SSSR count). The Morgan fingerprint density at radius 3 is 2.71 bits per heavy atom. The highest BCUT2D eigenvalue weighted by Crippen LogP contribution is 2.23. The smallest absolute Gasteiger partial charge is 0.212 e. The lowest BCUT2D eigenvalue weighted by Crippen LogP contribution is -2.44. The number of aliphatic imine (C=N–C) groups is 1. The van der Waals surface area contributed by atoms with Gasteiger partial charge in [-0.1, -0.05) is 36.6 Å². The summed E-state index contributed by atoms with van der Waals surface area (Å²) in [5.74, 6) is -0.524. The molecule has 2 N–H and O–H groups in total. The fraction of sp³-hybridized carbons (Fsp3) is 0.250. The van der Waals surface area contributed by atoms with Gasteiger partial charge in [0, 0.05) is 19.3 Å². The van der Waals surface area contributed by atoms with E-state index in [-0.39, 0.29) is 23.6 Å². The fourth-order valence-electron chi connectivity index (χ4n) is 2.99. The molecule has 7 heteroatoms. The van der Waals surface area contributed by atoms with Crippen molar-refractivity contribution in [3.63, 3.8) is 0 Å². The van der Waals surface area contributed by atoms with E-state index in [4.69, 9.17) is 5.41 Å². The maximum Gasteiger partial charge on any atom is 0.212 e. The number of carbonyl (C=O) groups excluding carboxylic acids is 1. The summed E-state index contributed by atoms with van der Waals surface area (Å²) in [6.45, 7) is 10.9. The molecule has 2 aromatic rings. The first-order valence-corrected chi connectivity index (χ1v) is 10.0. The second-order valence-electron chi connectivity index (χ2n) is 6.89. The fourth-order valence-corrected chi connectivity index (χ4v) is 2.99. The van der Waals surface area contributed by atoms with Gasteiger partial charge in [-0.25, -0.2) is 9.38 Å². The van der Waals surface area contributed by atoms with Gasteiger partial charge in [-0.05, 0) is 18.9 Å². The summed E-state index contributed by atoms with van der Waals surface area (Å²) < 4.78 is 13.3. The van der Waals surface area contributed by atoms with Crippen molar-refractivity contribution in [1.82, 2.24) is 10.00 Å². The number of benzene rings is 1. The lowest BCUT2D eigenvalue weighted by Gasteiger charge is -2.33.